The molecule has 0 bridgehead atoms. The first-order valence-electron chi connectivity index (χ1n) is 7.78. The van der Waals surface area contributed by atoms with E-state index >= 15 is 0 Å². The summed E-state index contributed by atoms with van der Waals surface area (Å²) in [6, 6.07) is 7.96. The highest BCUT2D eigenvalue weighted by Gasteiger charge is 2.22. The van der Waals surface area contributed by atoms with Crippen LogP contribution in [-0.2, 0) is 11.2 Å². The summed E-state index contributed by atoms with van der Waals surface area (Å²) in [6.07, 6.45) is 3.75. The third-order valence-electron chi connectivity index (χ3n) is 4.15. The Morgan fingerprint density at radius 1 is 1.36 bits per heavy atom. The van der Waals surface area contributed by atoms with Crippen molar-refractivity contribution < 1.29 is 9.53 Å². The van der Waals surface area contributed by atoms with Crippen molar-refractivity contribution in [3.05, 3.63) is 29.8 Å². The Labute approximate surface area is 139 Å². The molecule has 1 atom stereocenters. The van der Waals surface area contributed by atoms with Crippen LogP contribution in [0, 0.1) is 5.92 Å². The average molecular weight is 327 g/mol. The highest BCUT2D eigenvalue weighted by Crippen LogP contribution is 2.18. The summed E-state index contributed by atoms with van der Waals surface area (Å²) < 4.78 is 5.14. The zero-order chi connectivity index (χ0) is 15.1. The van der Waals surface area contributed by atoms with Gasteiger partial charge in [-0.2, -0.15) is 0 Å². The quantitative estimate of drug-likeness (QED) is 0.873. The number of ether oxygens (including phenoxy) is 1. The summed E-state index contributed by atoms with van der Waals surface area (Å²) in [5.41, 5.74) is 1.19. The molecule has 0 saturated carbocycles. The number of halogens is 1. The van der Waals surface area contributed by atoms with Crippen LogP contribution in [-0.4, -0.2) is 44.6 Å². The maximum atomic E-state index is 12.3. The van der Waals surface area contributed by atoms with Crippen molar-refractivity contribution in [1.82, 2.24) is 10.2 Å². The Morgan fingerprint density at radius 3 is 2.73 bits per heavy atom. The molecule has 4 nitrogen and oxygen atoms in total. The topological polar surface area (TPSA) is 41.6 Å². The van der Waals surface area contributed by atoms with E-state index in [0.29, 0.717) is 12.3 Å². The van der Waals surface area contributed by atoms with Gasteiger partial charge in [0.1, 0.15) is 5.75 Å². The molecule has 5 heteroatoms. The molecule has 1 unspecified atom stereocenters. The summed E-state index contributed by atoms with van der Waals surface area (Å²) in [6.45, 7) is 2.83. The normalized spacial score (nSPS) is 17.7. The van der Waals surface area contributed by atoms with Gasteiger partial charge in [0.25, 0.3) is 0 Å². The molecule has 0 radical (unpaired) electrons. The standard InChI is InChI=1S/C17H26N2O2.ClH/c1-18-12-15-4-3-11-19(13-15)17(20)10-7-14-5-8-16(21-2)9-6-14;/h5-6,8-9,15,18H,3-4,7,10-13H2,1-2H3;1H. The van der Waals surface area contributed by atoms with Crippen molar-refractivity contribution >= 4 is 18.3 Å². The lowest BCUT2D eigenvalue weighted by Crippen LogP contribution is -2.42. The van der Waals surface area contributed by atoms with Crippen LogP contribution in [0.4, 0.5) is 0 Å². The molecule has 124 valence electrons. The Kier molecular flexibility index (Phi) is 8.28. The van der Waals surface area contributed by atoms with Crippen molar-refractivity contribution in [2.24, 2.45) is 5.92 Å². The van der Waals surface area contributed by atoms with E-state index in [0.717, 1.165) is 38.2 Å². The second-order valence-electron chi connectivity index (χ2n) is 5.75. The Bertz CT molecular complexity index is 448. The van der Waals surface area contributed by atoms with Crippen molar-refractivity contribution in [2.45, 2.75) is 25.7 Å². The van der Waals surface area contributed by atoms with E-state index in [4.69, 9.17) is 4.74 Å². The second kappa shape index (κ2) is 9.70. The summed E-state index contributed by atoms with van der Waals surface area (Å²) in [7, 11) is 3.64. The third kappa shape index (κ3) is 5.50. The van der Waals surface area contributed by atoms with E-state index < -0.39 is 0 Å². The number of carbonyl (C=O) groups is 1. The summed E-state index contributed by atoms with van der Waals surface area (Å²) in [5.74, 6) is 1.75. The fraction of sp³-hybridized carbons (Fsp3) is 0.588. The molecule has 1 fully saturated rings. The van der Waals surface area contributed by atoms with Crippen LogP contribution in [0.3, 0.4) is 0 Å². The van der Waals surface area contributed by atoms with Crippen LogP contribution in [0.5, 0.6) is 5.75 Å². The molecule has 1 aromatic carbocycles. The van der Waals surface area contributed by atoms with Crippen LogP contribution in [0.1, 0.15) is 24.8 Å². The fourth-order valence-electron chi connectivity index (χ4n) is 2.95. The second-order valence-corrected chi connectivity index (χ2v) is 5.75. The lowest BCUT2D eigenvalue weighted by Gasteiger charge is -2.32. The maximum absolute atomic E-state index is 12.3. The van der Waals surface area contributed by atoms with Gasteiger partial charge in [0, 0.05) is 19.5 Å². The number of carbonyl (C=O) groups excluding carboxylic acids is 1. The molecule has 0 spiro atoms. The zero-order valence-electron chi connectivity index (χ0n) is 13.5. The number of aryl methyl sites for hydroxylation is 1. The van der Waals surface area contributed by atoms with E-state index in [1.54, 1.807) is 7.11 Å². The van der Waals surface area contributed by atoms with Crippen molar-refractivity contribution in [3.8, 4) is 5.75 Å². The number of nitrogens with zero attached hydrogens (tertiary/aromatic N) is 1. The average Bonchev–Trinajstić information content (AvgIpc) is 2.53. The largest absolute Gasteiger partial charge is 0.497 e. The van der Waals surface area contributed by atoms with Gasteiger partial charge in [-0.1, -0.05) is 12.1 Å². The highest BCUT2D eigenvalue weighted by atomic mass is 35.5. The summed E-state index contributed by atoms with van der Waals surface area (Å²) >= 11 is 0. The molecular weight excluding hydrogens is 300 g/mol. The lowest BCUT2D eigenvalue weighted by atomic mass is 9.97. The van der Waals surface area contributed by atoms with Gasteiger partial charge >= 0.3 is 0 Å². The van der Waals surface area contributed by atoms with Gasteiger partial charge < -0.3 is 15.0 Å². The van der Waals surface area contributed by atoms with Crippen LogP contribution < -0.4 is 10.1 Å². The molecule has 1 aliphatic heterocycles. The number of methoxy groups -OCH3 is 1. The minimum Gasteiger partial charge on any atom is -0.497 e. The van der Waals surface area contributed by atoms with Crippen LogP contribution in [0.25, 0.3) is 0 Å². The third-order valence-corrected chi connectivity index (χ3v) is 4.15. The van der Waals surface area contributed by atoms with E-state index in [9.17, 15) is 4.79 Å². The predicted molar refractivity (Wildman–Crippen MR) is 91.8 cm³/mol. The van der Waals surface area contributed by atoms with Gasteiger partial charge in [0.05, 0.1) is 7.11 Å². The van der Waals surface area contributed by atoms with Gasteiger partial charge in [-0.25, -0.2) is 0 Å². The molecule has 1 saturated heterocycles. The van der Waals surface area contributed by atoms with Crippen LogP contribution in [0.2, 0.25) is 0 Å². The molecular formula is C17H27ClN2O2. The monoisotopic (exact) mass is 326 g/mol. The smallest absolute Gasteiger partial charge is 0.222 e. The number of piperidine rings is 1. The van der Waals surface area contributed by atoms with Gasteiger partial charge in [-0.3, -0.25) is 4.79 Å². The first-order valence-corrected chi connectivity index (χ1v) is 7.78. The van der Waals surface area contributed by atoms with Gasteiger partial charge in [-0.15, -0.1) is 12.4 Å². The number of amides is 1. The lowest BCUT2D eigenvalue weighted by molar-refractivity contribution is -0.132. The maximum Gasteiger partial charge on any atom is 0.222 e. The SMILES string of the molecule is CNCC1CCCN(C(=O)CCc2ccc(OC)cc2)C1.Cl. The van der Waals surface area contributed by atoms with E-state index in [1.807, 2.05) is 36.2 Å². The van der Waals surface area contributed by atoms with Gasteiger partial charge in [-0.05, 0) is 56.5 Å². The van der Waals surface area contributed by atoms with E-state index in [-0.39, 0.29) is 18.3 Å². The molecule has 1 aromatic rings. The fourth-order valence-corrected chi connectivity index (χ4v) is 2.95. The molecule has 0 aliphatic carbocycles. The molecule has 1 N–H and O–H groups in total. The van der Waals surface area contributed by atoms with Crippen LogP contribution in [0.15, 0.2) is 24.3 Å². The summed E-state index contributed by atoms with van der Waals surface area (Å²) in [4.78, 5) is 14.4. The number of hydrogen-bond acceptors (Lipinski definition) is 3. The highest BCUT2D eigenvalue weighted by molar-refractivity contribution is 5.85. The Hall–Kier alpha value is -1.26. The van der Waals surface area contributed by atoms with Gasteiger partial charge in [0.2, 0.25) is 5.91 Å². The van der Waals surface area contributed by atoms with Gasteiger partial charge in [0.15, 0.2) is 0 Å². The predicted octanol–water partition coefficient (Wildman–Crippen LogP) is 2.51. The van der Waals surface area contributed by atoms with Crippen molar-refractivity contribution in [2.75, 3.05) is 33.8 Å². The minimum atomic E-state index is 0. The minimum absolute atomic E-state index is 0. The van der Waals surface area contributed by atoms with Crippen molar-refractivity contribution in [3.63, 3.8) is 0 Å². The zero-order valence-corrected chi connectivity index (χ0v) is 14.3. The summed E-state index contributed by atoms with van der Waals surface area (Å²) in [5, 5.41) is 3.22. The first-order chi connectivity index (χ1) is 10.2. The number of rotatable bonds is 6. The molecule has 1 heterocycles. The van der Waals surface area contributed by atoms with E-state index in [2.05, 4.69) is 5.32 Å². The number of hydrogen-bond donors (Lipinski definition) is 1. The molecule has 1 aliphatic rings. The van der Waals surface area contributed by atoms with Crippen LogP contribution >= 0.6 is 12.4 Å². The van der Waals surface area contributed by atoms with Crippen molar-refractivity contribution in [1.29, 1.82) is 0 Å². The van der Waals surface area contributed by atoms with E-state index in [1.165, 1.54) is 12.0 Å². The molecule has 22 heavy (non-hydrogen) atoms. The molecule has 2 rings (SSSR count). The number of nitrogens with one attached hydrogen (secondary N) is 1. The molecule has 0 aromatic heterocycles. The number of benzene rings is 1. The number of likely N-dealkylation sites (tertiary alicyclic amines) is 1. The molecule has 1 amide bonds. The Morgan fingerprint density at radius 2 is 2.09 bits per heavy atom. The first kappa shape index (κ1) is 18.8. The Balaban J connectivity index is 0.00000242.